The first-order valence-corrected chi connectivity index (χ1v) is 5.50. The molecular weight excluding hydrogens is 200 g/mol. The number of nitrogens with one attached hydrogen (secondary N) is 1. The predicted molar refractivity (Wildman–Crippen MR) is 68.0 cm³/mol. The first-order chi connectivity index (χ1) is 7.41. The summed E-state index contributed by atoms with van der Waals surface area (Å²) in [6.07, 6.45) is 0. The summed E-state index contributed by atoms with van der Waals surface area (Å²) in [5.74, 6) is 0.0341. The highest BCUT2D eigenvalue weighted by atomic mass is 16.2. The molecule has 0 spiro atoms. The minimum absolute atomic E-state index is 0.0341. The Morgan fingerprint density at radius 3 is 2.44 bits per heavy atom. The maximum atomic E-state index is 11.8. The average molecular weight is 220 g/mol. The molecule has 0 heterocycles. The van der Waals surface area contributed by atoms with E-state index >= 15 is 0 Å². The van der Waals surface area contributed by atoms with Crippen molar-refractivity contribution in [2.24, 2.45) is 0 Å². The van der Waals surface area contributed by atoms with E-state index in [-0.39, 0.29) is 5.91 Å². The summed E-state index contributed by atoms with van der Waals surface area (Å²) >= 11 is 0. The molecule has 0 aliphatic heterocycles. The SMILES string of the molecule is Cc1ccc(C(=O)N(C)C)cc1NC(C)C. The topological polar surface area (TPSA) is 32.3 Å². The van der Waals surface area contributed by atoms with Gasteiger partial charge < -0.3 is 10.2 Å². The van der Waals surface area contributed by atoms with E-state index in [0.717, 1.165) is 16.8 Å². The molecule has 0 atom stereocenters. The van der Waals surface area contributed by atoms with Crippen LogP contribution in [0.2, 0.25) is 0 Å². The summed E-state index contributed by atoms with van der Waals surface area (Å²) in [7, 11) is 3.52. The van der Waals surface area contributed by atoms with E-state index in [0.29, 0.717) is 6.04 Å². The number of carbonyl (C=O) groups excluding carboxylic acids is 1. The first kappa shape index (κ1) is 12.6. The summed E-state index contributed by atoms with van der Waals surface area (Å²) in [4.78, 5) is 13.4. The molecule has 0 saturated heterocycles. The number of carbonyl (C=O) groups is 1. The van der Waals surface area contributed by atoms with Gasteiger partial charge in [-0.1, -0.05) is 6.07 Å². The van der Waals surface area contributed by atoms with Crippen LogP contribution in [0.4, 0.5) is 5.69 Å². The largest absolute Gasteiger partial charge is 0.383 e. The van der Waals surface area contributed by atoms with Gasteiger partial charge in [0.2, 0.25) is 0 Å². The lowest BCUT2D eigenvalue weighted by molar-refractivity contribution is 0.0827. The van der Waals surface area contributed by atoms with Crippen molar-refractivity contribution in [3.63, 3.8) is 0 Å². The molecule has 1 N–H and O–H groups in total. The highest BCUT2D eigenvalue weighted by Crippen LogP contribution is 2.18. The average Bonchev–Trinajstić information content (AvgIpc) is 2.19. The van der Waals surface area contributed by atoms with Crippen molar-refractivity contribution in [3.05, 3.63) is 29.3 Å². The lowest BCUT2D eigenvalue weighted by atomic mass is 10.1. The van der Waals surface area contributed by atoms with Crippen LogP contribution in [0.15, 0.2) is 18.2 Å². The van der Waals surface area contributed by atoms with E-state index in [9.17, 15) is 4.79 Å². The van der Waals surface area contributed by atoms with Crippen LogP contribution in [0.1, 0.15) is 29.8 Å². The summed E-state index contributed by atoms with van der Waals surface area (Å²) < 4.78 is 0. The van der Waals surface area contributed by atoms with Crippen LogP contribution in [-0.4, -0.2) is 30.9 Å². The molecule has 3 nitrogen and oxygen atoms in total. The van der Waals surface area contributed by atoms with Crippen LogP contribution in [-0.2, 0) is 0 Å². The molecule has 0 radical (unpaired) electrons. The number of rotatable bonds is 3. The van der Waals surface area contributed by atoms with Crippen molar-refractivity contribution in [3.8, 4) is 0 Å². The molecule has 88 valence electrons. The van der Waals surface area contributed by atoms with E-state index in [4.69, 9.17) is 0 Å². The van der Waals surface area contributed by atoms with Gasteiger partial charge in [0.15, 0.2) is 0 Å². The zero-order valence-corrected chi connectivity index (χ0v) is 10.7. The third-order valence-electron chi connectivity index (χ3n) is 2.33. The van der Waals surface area contributed by atoms with Crippen LogP contribution in [0, 0.1) is 6.92 Å². The van der Waals surface area contributed by atoms with Gasteiger partial charge in [-0.25, -0.2) is 0 Å². The number of hydrogen-bond acceptors (Lipinski definition) is 2. The maximum absolute atomic E-state index is 11.8. The minimum Gasteiger partial charge on any atom is -0.383 e. The summed E-state index contributed by atoms with van der Waals surface area (Å²) in [6, 6.07) is 6.12. The van der Waals surface area contributed by atoms with Gasteiger partial charge in [0.25, 0.3) is 5.91 Å². The molecule has 0 unspecified atom stereocenters. The molecule has 1 aromatic rings. The molecule has 16 heavy (non-hydrogen) atoms. The summed E-state index contributed by atoms with van der Waals surface area (Å²) in [5, 5.41) is 3.34. The van der Waals surface area contributed by atoms with E-state index in [2.05, 4.69) is 19.2 Å². The molecule has 0 aromatic heterocycles. The van der Waals surface area contributed by atoms with Gasteiger partial charge in [0.1, 0.15) is 0 Å². The lowest BCUT2D eigenvalue weighted by Crippen LogP contribution is -2.22. The summed E-state index contributed by atoms with van der Waals surface area (Å²) in [5.41, 5.74) is 2.91. The number of hydrogen-bond donors (Lipinski definition) is 1. The molecule has 1 amide bonds. The summed E-state index contributed by atoms with van der Waals surface area (Å²) in [6.45, 7) is 6.20. The molecule has 0 bridgehead atoms. The molecule has 1 aromatic carbocycles. The van der Waals surface area contributed by atoms with Crippen LogP contribution in [0.5, 0.6) is 0 Å². The van der Waals surface area contributed by atoms with Crippen molar-refractivity contribution in [2.75, 3.05) is 19.4 Å². The smallest absolute Gasteiger partial charge is 0.253 e. The number of aryl methyl sites for hydroxylation is 1. The fourth-order valence-electron chi connectivity index (χ4n) is 1.48. The molecule has 0 aliphatic rings. The second-order valence-corrected chi connectivity index (χ2v) is 4.53. The van der Waals surface area contributed by atoms with Crippen molar-refractivity contribution < 1.29 is 4.79 Å². The molecule has 3 heteroatoms. The van der Waals surface area contributed by atoms with Crippen molar-refractivity contribution in [1.29, 1.82) is 0 Å². The van der Waals surface area contributed by atoms with Gasteiger partial charge in [0.05, 0.1) is 0 Å². The Morgan fingerprint density at radius 1 is 1.31 bits per heavy atom. The van der Waals surface area contributed by atoms with Crippen molar-refractivity contribution >= 4 is 11.6 Å². The van der Waals surface area contributed by atoms with Gasteiger partial charge in [-0.05, 0) is 38.5 Å². The Bertz CT molecular complexity index is 384. The quantitative estimate of drug-likeness (QED) is 0.849. The number of nitrogens with zero attached hydrogens (tertiary/aromatic N) is 1. The molecule has 0 fully saturated rings. The Hall–Kier alpha value is -1.51. The van der Waals surface area contributed by atoms with Gasteiger partial charge in [0, 0.05) is 31.4 Å². The Balaban J connectivity index is 3.02. The highest BCUT2D eigenvalue weighted by molar-refractivity contribution is 5.95. The fourth-order valence-corrected chi connectivity index (χ4v) is 1.48. The molecule has 0 saturated carbocycles. The first-order valence-electron chi connectivity index (χ1n) is 5.50. The minimum atomic E-state index is 0.0341. The number of anilines is 1. The standard InChI is InChI=1S/C13H20N2O/c1-9(2)14-12-8-11(7-6-10(12)3)13(16)15(4)5/h6-9,14H,1-5H3. The van der Waals surface area contributed by atoms with Crippen LogP contribution >= 0.6 is 0 Å². The molecule has 0 aliphatic carbocycles. The van der Waals surface area contributed by atoms with Gasteiger partial charge in [-0.2, -0.15) is 0 Å². The van der Waals surface area contributed by atoms with Gasteiger partial charge in [-0.15, -0.1) is 0 Å². The van der Waals surface area contributed by atoms with Crippen LogP contribution < -0.4 is 5.32 Å². The molecular formula is C13H20N2O. The van der Waals surface area contributed by atoms with E-state index < -0.39 is 0 Å². The van der Waals surface area contributed by atoms with Crippen molar-refractivity contribution in [2.45, 2.75) is 26.8 Å². The highest BCUT2D eigenvalue weighted by Gasteiger charge is 2.10. The van der Waals surface area contributed by atoms with Gasteiger partial charge >= 0.3 is 0 Å². The number of amides is 1. The van der Waals surface area contributed by atoms with Crippen LogP contribution in [0.25, 0.3) is 0 Å². The second-order valence-electron chi connectivity index (χ2n) is 4.53. The number of benzene rings is 1. The zero-order valence-electron chi connectivity index (χ0n) is 10.7. The third kappa shape index (κ3) is 2.99. The third-order valence-corrected chi connectivity index (χ3v) is 2.33. The van der Waals surface area contributed by atoms with E-state index in [1.807, 2.05) is 25.1 Å². The zero-order chi connectivity index (χ0) is 12.3. The Kier molecular flexibility index (Phi) is 3.93. The van der Waals surface area contributed by atoms with E-state index in [1.165, 1.54) is 0 Å². The monoisotopic (exact) mass is 220 g/mol. The van der Waals surface area contributed by atoms with Gasteiger partial charge in [-0.3, -0.25) is 4.79 Å². The molecule has 1 rings (SSSR count). The van der Waals surface area contributed by atoms with E-state index in [1.54, 1.807) is 19.0 Å². The Labute approximate surface area is 97.5 Å². The lowest BCUT2D eigenvalue weighted by Gasteiger charge is -2.15. The Morgan fingerprint density at radius 2 is 1.94 bits per heavy atom. The fraction of sp³-hybridized carbons (Fsp3) is 0.462. The van der Waals surface area contributed by atoms with Crippen LogP contribution in [0.3, 0.4) is 0 Å². The normalized spacial score (nSPS) is 10.4. The second kappa shape index (κ2) is 5.01. The maximum Gasteiger partial charge on any atom is 0.253 e. The van der Waals surface area contributed by atoms with Crippen molar-refractivity contribution in [1.82, 2.24) is 4.90 Å². The predicted octanol–water partition coefficient (Wildman–Crippen LogP) is 2.52.